The molecule has 2 aliphatic rings. The molecule has 5 unspecified atom stereocenters. The van der Waals surface area contributed by atoms with Gasteiger partial charge in [-0.05, 0) is 65.4 Å². The normalized spacial score (nSPS) is 35.5. The molecule has 1 heterocycles. The Morgan fingerprint density at radius 2 is 1.94 bits per heavy atom. The topological polar surface area (TPSA) is 96.4 Å². The van der Waals surface area contributed by atoms with Crippen molar-refractivity contribution in [2.75, 3.05) is 6.61 Å². The fourth-order valence-corrected chi connectivity index (χ4v) is 3.71. The summed E-state index contributed by atoms with van der Waals surface area (Å²) in [7, 11) is 0. The second-order valence-electron chi connectivity index (χ2n) is 9.57. The van der Waals surface area contributed by atoms with Crippen LogP contribution in [-0.4, -0.2) is 52.5 Å². The highest BCUT2D eigenvalue weighted by atomic mass is 16.6. The second-order valence-corrected chi connectivity index (χ2v) is 9.57. The third kappa shape index (κ3) is 6.73. The minimum atomic E-state index is -1.60. The molecule has 0 amide bonds. The molecule has 2 N–H and O–H groups in total. The van der Waals surface area contributed by atoms with Crippen molar-refractivity contribution in [1.82, 2.24) is 0 Å². The van der Waals surface area contributed by atoms with E-state index in [2.05, 4.69) is 13.0 Å². The van der Waals surface area contributed by atoms with Crippen LogP contribution in [0.5, 0.6) is 0 Å². The average molecular weight is 433 g/mol. The van der Waals surface area contributed by atoms with Gasteiger partial charge in [0.05, 0.1) is 6.61 Å². The molecule has 0 saturated carbocycles. The first-order chi connectivity index (χ1) is 14.4. The van der Waals surface area contributed by atoms with E-state index in [0.717, 1.165) is 18.4 Å². The lowest BCUT2D eigenvalue weighted by Crippen LogP contribution is -2.47. The van der Waals surface area contributed by atoms with Gasteiger partial charge in [-0.3, -0.25) is 4.79 Å². The molecule has 31 heavy (non-hydrogen) atoms. The van der Waals surface area contributed by atoms with Crippen LogP contribution in [0.1, 0.15) is 60.8 Å². The largest absolute Gasteiger partial charge is 0.452 e. The summed E-state index contributed by atoms with van der Waals surface area (Å²) in [6.07, 6.45) is 8.42. The lowest BCUT2D eigenvalue weighted by molar-refractivity contribution is -0.154. The van der Waals surface area contributed by atoms with Crippen LogP contribution in [0.2, 0.25) is 0 Å². The molecule has 0 aromatic carbocycles. The number of allylic oxidation sites excluding steroid dienone is 5. The van der Waals surface area contributed by atoms with E-state index in [9.17, 15) is 19.8 Å². The van der Waals surface area contributed by atoms with Gasteiger partial charge in [-0.15, -0.1) is 0 Å². The monoisotopic (exact) mass is 432 g/mol. The number of ether oxygens (including phenoxy) is 2. The second kappa shape index (κ2) is 10.1. The average Bonchev–Trinajstić information content (AvgIpc) is 3.45. The van der Waals surface area contributed by atoms with Gasteiger partial charge in [0.2, 0.25) is 0 Å². The highest BCUT2D eigenvalue weighted by Gasteiger charge is 2.59. The number of epoxide rings is 1. The van der Waals surface area contributed by atoms with Crippen molar-refractivity contribution in [3.8, 4) is 0 Å². The smallest absolute Gasteiger partial charge is 0.331 e. The van der Waals surface area contributed by atoms with Crippen LogP contribution in [0.15, 0.2) is 47.1 Å². The van der Waals surface area contributed by atoms with Crippen LogP contribution in [0.3, 0.4) is 0 Å². The number of hydrogen-bond donors (Lipinski definition) is 2. The maximum Gasteiger partial charge on any atom is 0.331 e. The minimum Gasteiger partial charge on any atom is -0.452 e. The van der Waals surface area contributed by atoms with Crippen molar-refractivity contribution >= 4 is 11.8 Å². The van der Waals surface area contributed by atoms with Gasteiger partial charge in [-0.1, -0.05) is 36.3 Å². The van der Waals surface area contributed by atoms with E-state index in [4.69, 9.17) is 9.47 Å². The standard InChI is InChI=1S/C25H36O6/c1-16(2)8-7-11-24(5)12-9-18(15-26)21(28)22-23(31-22)25(6,29)19(10-13-24)30-20(27)14-17(3)4/h8-10,13-14,19,22-23,26,29H,7,11-12,15H2,1-6H3/b13-10+,18-9-. The maximum absolute atomic E-state index is 12.8. The van der Waals surface area contributed by atoms with Gasteiger partial charge in [0.15, 0.2) is 11.9 Å². The zero-order valence-electron chi connectivity index (χ0n) is 19.5. The SMILES string of the molecule is CC(C)=CCCC1(C)/C=C/C(OC(=O)C=C(C)C)C(C)(O)C2OC2C(=O)/C(CO)=C\C1. The molecular formula is C25H36O6. The molecule has 1 saturated heterocycles. The summed E-state index contributed by atoms with van der Waals surface area (Å²) in [5.74, 6) is -0.899. The van der Waals surface area contributed by atoms with Crippen molar-refractivity contribution in [3.05, 3.63) is 47.1 Å². The predicted molar refractivity (Wildman–Crippen MR) is 119 cm³/mol. The Morgan fingerprint density at radius 3 is 2.52 bits per heavy atom. The van der Waals surface area contributed by atoms with Gasteiger partial charge < -0.3 is 19.7 Å². The van der Waals surface area contributed by atoms with Gasteiger partial charge in [0, 0.05) is 11.6 Å². The van der Waals surface area contributed by atoms with E-state index in [1.54, 1.807) is 26.0 Å². The quantitative estimate of drug-likeness (QED) is 0.288. The molecule has 0 aromatic rings. The Labute approximate surface area is 185 Å². The van der Waals surface area contributed by atoms with Crippen LogP contribution in [0.4, 0.5) is 0 Å². The number of fused-ring (bicyclic) bond motifs is 1. The van der Waals surface area contributed by atoms with Crippen molar-refractivity contribution < 1.29 is 29.3 Å². The third-order valence-electron chi connectivity index (χ3n) is 5.79. The molecule has 6 heteroatoms. The number of aliphatic hydroxyl groups is 2. The molecule has 0 spiro atoms. The van der Waals surface area contributed by atoms with Crippen LogP contribution in [0.25, 0.3) is 0 Å². The highest BCUT2D eigenvalue weighted by molar-refractivity contribution is 6.01. The summed E-state index contributed by atoms with van der Waals surface area (Å²) in [5.41, 5.74) is 0.321. The third-order valence-corrected chi connectivity index (χ3v) is 5.79. The summed E-state index contributed by atoms with van der Waals surface area (Å²) >= 11 is 0. The minimum absolute atomic E-state index is 0.283. The molecule has 0 bridgehead atoms. The van der Waals surface area contributed by atoms with Crippen LogP contribution in [0, 0.1) is 5.41 Å². The number of hydrogen-bond acceptors (Lipinski definition) is 6. The lowest BCUT2D eigenvalue weighted by Gasteiger charge is -2.31. The Morgan fingerprint density at radius 1 is 1.26 bits per heavy atom. The molecule has 1 fully saturated rings. The Bertz CT molecular complexity index is 808. The van der Waals surface area contributed by atoms with Crippen molar-refractivity contribution in [1.29, 1.82) is 0 Å². The summed E-state index contributed by atoms with van der Waals surface area (Å²) in [4.78, 5) is 25.1. The molecule has 1 aliphatic heterocycles. The first-order valence-corrected chi connectivity index (χ1v) is 10.8. The van der Waals surface area contributed by atoms with E-state index in [0.29, 0.717) is 6.42 Å². The highest BCUT2D eigenvalue weighted by Crippen LogP contribution is 2.40. The fourth-order valence-electron chi connectivity index (χ4n) is 3.71. The van der Waals surface area contributed by atoms with Gasteiger partial charge in [-0.2, -0.15) is 0 Å². The Hall–Kier alpha value is -2.02. The van der Waals surface area contributed by atoms with Crippen LogP contribution in [-0.2, 0) is 19.1 Å². The van der Waals surface area contributed by atoms with E-state index in [1.807, 2.05) is 19.9 Å². The summed E-state index contributed by atoms with van der Waals surface area (Å²) < 4.78 is 11.1. The number of ketones is 1. The molecule has 172 valence electrons. The Kier molecular flexibility index (Phi) is 8.20. The van der Waals surface area contributed by atoms with E-state index in [1.165, 1.54) is 18.6 Å². The number of aliphatic hydroxyl groups excluding tert-OH is 1. The number of rotatable bonds is 6. The van der Waals surface area contributed by atoms with Gasteiger partial charge in [0.25, 0.3) is 0 Å². The van der Waals surface area contributed by atoms with Crippen LogP contribution >= 0.6 is 0 Å². The first kappa shape index (κ1) is 25.2. The fraction of sp³-hybridized carbons (Fsp3) is 0.600. The molecule has 2 rings (SSSR count). The zero-order valence-corrected chi connectivity index (χ0v) is 19.5. The van der Waals surface area contributed by atoms with Gasteiger partial charge in [0.1, 0.15) is 17.8 Å². The summed E-state index contributed by atoms with van der Waals surface area (Å²) in [5, 5.41) is 21.0. The number of Topliss-reactive ketones (excluding diaryl/α,β-unsaturated/α-hetero) is 1. The van der Waals surface area contributed by atoms with Crippen molar-refractivity contribution in [2.24, 2.45) is 5.41 Å². The first-order valence-electron chi connectivity index (χ1n) is 10.8. The zero-order chi connectivity index (χ0) is 23.4. The maximum atomic E-state index is 12.8. The molecular weight excluding hydrogens is 396 g/mol. The van der Waals surface area contributed by atoms with E-state index in [-0.39, 0.29) is 23.4 Å². The predicted octanol–water partition coefficient (Wildman–Crippen LogP) is 3.58. The molecule has 1 aliphatic carbocycles. The molecule has 5 atom stereocenters. The number of carbonyl (C=O) groups excluding carboxylic acids is 2. The van der Waals surface area contributed by atoms with Gasteiger partial charge >= 0.3 is 5.97 Å². The van der Waals surface area contributed by atoms with E-state index < -0.39 is 29.9 Å². The lowest BCUT2D eigenvalue weighted by atomic mass is 9.80. The molecule has 0 aromatic heterocycles. The van der Waals surface area contributed by atoms with Crippen molar-refractivity contribution in [2.45, 2.75) is 84.7 Å². The molecule has 6 nitrogen and oxygen atoms in total. The Balaban J connectivity index is 2.43. The van der Waals surface area contributed by atoms with E-state index >= 15 is 0 Å². The molecule has 0 radical (unpaired) electrons. The number of esters is 1. The van der Waals surface area contributed by atoms with Gasteiger partial charge in [-0.25, -0.2) is 4.79 Å². The summed E-state index contributed by atoms with van der Waals surface area (Å²) in [6, 6.07) is 0. The number of carbonyl (C=O) groups is 2. The summed E-state index contributed by atoms with van der Waals surface area (Å²) in [6.45, 7) is 10.8. The van der Waals surface area contributed by atoms with Crippen molar-refractivity contribution in [3.63, 3.8) is 0 Å². The van der Waals surface area contributed by atoms with Crippen LogP contribution < -0.4 is 0 Å².